The lowest BCUT2D eigenvalue weighted by Gasteiger charge is -2.25. The van der Waals surface area contributed by atoms with E-state index in [1.807, 2.05) is 12.1 Å². The van der Waals surface area contributed by atoms with Crippen molar-refractivity contribution >= 4 is 11.6 Å². The van der Waals surface area contributed by atoms with Crippen LogP contribution in [0, 0.1) is 0 Å². The van der Waals surface area contributed by atoms with Crippen LogP contribution < -0.4 is 10.1 Å². The summed E-state index contributed by atoms with van der Waals surface area (Å²) in [5.74, 6) is 1.24. The van der Waals surface area contributed by atoms with E-state index in [0.717, 1.165) is 11.4 Å². The largest absolute Gasteiger partial charge is 0.497 e. The van der Waals surface area contributed by atoms with Crippen LogP contribution in [-0.4, -0.2) is 13.0 Å². The molecule has 0 unspecified atom stereocenters. The smallest absolute Gasteiger partial charge is 0.250 e. The summed E-state index contributed by atoms with van der Waals surface area (Å²) >= 11 is 0. The molecule has 0 spiro atoms. The van der Waals surface area contributed by atoms with Gasteiger partial charge in [-0.25, -0.2) is 0 Å². The lowest BCUT2D eigenvalue weighted by molar-refractivity contribution is -0.112. The first-order chi connectivity index (χ1) is 9.61. The van der Waals surface area contributed by atoms with E-state index in [2.05, 4.69) is 18.0 Å². The second-order valence-corrected chi connectivity index (χ2v) is 5.52. The minimum Gasteiger partial charge on any atom is -0.497 e. The maximum absolute atomic E-state index is 11.9. The molecular weight excluding hydrogens is 250 g/mol. The number of carbonyl (C=O) groups excluding carboxylic acids is 1. The first kappa shape index (κ1) is 14.6. The molecular formula is C17H23NO2. The maximum Gasteiger partial charge on any atom is 0.250 e. The Hall–Kier alpha value is -1.77. The van der Waals surface area contributed by atoms with Gasteiger partial charge in [-0.1, -0.05) is 25.8 Å². The third-order valence-electron chi connectivity index (χ3n) is 3.94. The van der Waals surface area contributed by atoms with Crippen LogP contribution in [-0.2, 0) is 4.79 Å². The number of rotatable bonds is 4. The second-order valence-electron chi connectivity index (χ2n) is 5.52. The molecule has 1 N–H and O–H groups in total. The van der Waals surface area contributed by atoms with E-state index in [9.17, 15) is 4.79 Å². The Morgan fingerprint density at radius 3 is 2.60 bits per heavy atom. The summed E-state index contributed by atoms with van der Waals surface area (Å²) in [7, 11) is 1.67. The lowest BCUT2D eigenvalue weighted by Crippen LogP contribution is -2.15. The van der Waals surface area contributed by atoms with Crippen molar-refractivity contribution in [3.05, 3.63) is 35.9 Å². The van der Waals surface area contributed by atoms with Gasteiger partial charge in [0.15, 0.2) is 0 Å². The molecule has 1 aromatic rings. The molecule has 3 nitrogen and oxygen atoms in total. The quantitative estimate of drug-likeness (QED) is 0.832. The normalized spacial score (nSPS) is 15.7. The van der Waals surface area contributed by atoms with Crippen molar-refractivity contribution in [3.8, 4) is 5.75 Å². The molecule has 1 aliphatic rings. The summed E-state index contributed by atoms with van der Waals surface area (Å²) in [4.78, 5) is 11.9. The predicted octanol–water partition coefficient (Wildman–Crippen LogP) is 4.26. The Bertz CT molecular complexity index is 502. The molecule has 0 atom stereocenters. The monoisotopic (exact) mass is 273 g/mol. The average Bonchev–Trinajstić information content (AvgIpc) is 2.48. The third kappa shape index (κ3) is 3.41. The van der Waals surface area contributed by atoms with Gasteiger partial charge in [-0.15, -0.1) is 0 Å². The summed E-state index contributed by atoms with van der Waals surface area (Å²) in [6.07, 6.45) is 6.20. The van der Waals surface area contributed by atoms with E-state index >= 15 is 0 Å². The minimum atomic E-state index is -0.118. The molecule has 1 aliphatic carbocycles. The van der Waals surface area contributed by atoms with E-state index in [1.54, 1.807) is 14.0 Å². The predicted molar refractivity (Wildman–Crippen MR) is 82.3 cm³/mol. The summed E-state index contributed by atoms with van der Waals surface area (Å²) in [5, 5.41) is 2.96. The molecule has 3 heteroatoms. The minimum absolute atomic E-state index is 0.118. The standard InChI is InChI=1S/C17H23NO2/c1-12(2)17(19)18-16-10-9-14(20-3)11-15(16)13-7-5-4-6-8-13/h9-11,13H,1,4-8H2,2-3H3,(H,18,19). The van der Waals surface area contributed by atoms with Crippen molar-refractivity contribution in [3.63, 3.8) is 0 Å². The van der Waals surface area contributed by atoms with Gasteiger partial charge in [0, 0.05) is 11.3 Å². The highest BCUT2D eigenvalue weighted by molar-refractivity contribution is 6.03. The van der Waals surface area contributed by atoms with Crippen molar-refractivity contribution in [2.45, 2.75) is 44.9 Å². The highest BCUT2D eigenvalue weighted by atomic mass is 16.5. The molecule has 0 heterocycles. The van der Waals surface area contributed by atoms with Crippen LogP contribution in [0.1, 0.15) is 50.5 Å². The number of amides is 1. The van der Waals surface area contributed by atoms with Gasteiger partial charge >= 0.3 is 0 Å². The van der Waals surface area contributed by atoms with E-state index < -0.39 is 0 Å². The van der Waals surface area contributed by atoms with Gasteiger partial charge in [0.05, 0.1) is 7.11 Å². The number of hydrogen-bond acceptors (Lipinski definition) is 2. The lowest BCUT2D eigenvalue weighted by atomic mass is 9.83. The molecule has 0 bridgehead atoms. The zero-order valence-corrected chi connectivity index (χ0v) is 12.4. The maximum atomic E-state index is 11.9. The Balaban J connectivity index is 2.29. The molecule has 1 fully saturated rings. The van der Waals surface area contributed by atoms with Gasteiger partial charge in [-0.3, -0.25) is 4.79 Å². The number of benzene rings is 1. The topological polar surface area (TPSA) is 38.3 Å². The van der Waals surface area contributed by atoms with Crippen LogP contribution in [0.2, 0.25) is 0 Å². The number of ether oxygens (including phenoxy) is 1. The van der Waals surface area contributed by atoms with Gasteiger partial charge < -0.3 is 10.1 Å². The fourth-order valence-electron chi connectivity index (χ4n) is 2.76. The Morgan fingerprint density at radius 2 is 2.00 bits per heavy atom. The molecule has 20 heavy (non-hydrogen) atoms. The van der Waals surface area contributed by atoms with E-state index in [1.165, 1.54) is 37.7 Å². The number of nitrogens with one attached hydrogen (secondary N) is 1. The molecule has 1 saturated carbocycles. The Labute approximate surface area is 121 Å². The van der Waals surface area contributed by atoms with Crippen LogP contribution in [0.4, 0.5) is 5.69 Å². The number of carbonyl (C=O) groups is 1. The van der Waals surface area contributed by atoms with Crippen molar-refractivity contribution in [1.29, 1.82) is 0 Å². The molecule has 0 radical (unpaired) electrons. The molecule has 108 valence electrons. The number of methoxy groups -OCH3 is 1. The van der Waals surface area contributed by atoms with Gasteiger partial charge in [0.25, 0.3) is 5.91 Å². The van der Waals surface area contributed by atoms with Crippen LogP contribution in [0.15, 0.2) is 30.4 Å². The van der Waals surface area contributed by atoms with Crippen LogP contribution in [0.25, 0.3) is 0 Å². The average molecular weight is 273 g/mol. The zero-order chi connectivity index (χ0) is 14.5. The SMILES string of the molecule is C=C(C)C(=O)Nc1ccc(OC)cc1C1CCCCC1. The highest BCUT2D eigenvalue weighted by Gasteiger charge is 2.20. The van der Waals surface area contributed by atoms with E-state index in [0.29, 0.717) is 11.5 Å². The van der Waals surface area contributed by atoms with Crippen LogP contribution in [0.5, 0.6) is 5.75 Å². The van der Waals surface area contributed by atoms with Crippen LogP contribution in [0.3, 0.4) is 0 Å². The first-order valence-electron chi connectivity index (χ1n) is 7.26. The van der Waals surface area contributed by atoms with E-state index in [4.69, 9.17) is 4.74 Å². The molecule has 1 aromatic carbocycles. The number of anilines is 1. The van der Waals surface area contributed by atoms with Gasteiger partial charge in [-0.05, 0) is 49.4 Å². The van der Waals surface area contributed by atoms with Crippen molar-refractivity contribution < 1.29 is 9.53 Å². The summed E-state index contributed by atoms with van der Waals surface area (Å²) in [5.41, 5.74) is 2.61. The molecule has 1 amide bonds. The molecule has 0 saturated heterocycles. The summed E-state index contributed by atoms with van der Waals surface area (Å²) < 4.78 is 5.32. The molecule has 2 rings (SSSR count). The van der Waals surface area contributed by atoms with Crippen molar-refractivity contribution in [1.82, 2.24) is 0 Å². The fourth-order valence-corrected chi connectivity index (χ4v) is 2.76. The Morgan fingerprint density at radius 1 is 1.30 bits per heavy atom. The second kappa shape index (κ2) is 6.60. The molecule has 0 aromatic heterocycles. The van der Waals surface area contributed by atoms with E-state index in [-0.39, 0.29) is 5.91 Å². The summed E-state index contributed by atoms with van der Waals surface area (Å²) in [6.45, 7) is 5.41. The first-order valence-corrected chi connectivity index (χ1v) is 7.26. The number of hydrogen-bond donors (Lipinski definition) is 1. The third-order valence-corrected chi connectivity index (χ3v) is 3.94. The fraction of sp³-hybridized carbons (Fsp3) is 0.471. The van der Waals surface area contributed by atoms with Gasteiger partial charge in [0.2, 0.25) is 0 Å². The van der Waals surface area contributed by atoms with Gasteiger partial charge in [0.1, 0.15) is 5.75 Å². The van der Waals surface area contributed by atoms with Crippen molar-refractivity contribution in [2.75, 3.05) is 12.4 Å². The Kier molecular flexibility index (Phi) is 4.83. The highest BCUT2D eigenvalue weighted by Crippen LogP contribution is 2.38. The molecule has 0 aliphatic heterocycles. The summed E-state index contributed by atoms with van der Waals surface area (Å²) in [6, 6.07) is 5.88. The van der Waals surface area contributed by atoms with Gasteiger partial charge in [-0.2, -0.15) is 0 Å². The zero-order valence-electron chi connectivity index (χ0n) is 12.4. The van der Waals surface area contributed by atoms with Crippen molar-refractivity contribution in [2.24, 2.45) is 0 Å². The van der Waals surface area contributed by atoms with Crippen LogP contribution >= 0.6 is 0 Å².